The average Bonchev–Trinajstić information content (AvgIpc) is 2.52. The highest BCUT2D eigenvalue weighted by Gasteiger charge is 2.47. The summed E-state index contributed by atoms with van der Waals surface area (Å²) in [6, 6.07) is 0. The first-order valence-electron chi connectivity index (χ1n) is 5.38. The first-order chi connectivity index (χ1) is 7.60. The molecule has 0 spiro atoms. The van der Waals surface area contributed by atoms with Crippen molar-refractivity contribution in [1.29, 1.82) is 0 Å². The van der Waals surface area contributed by atoms with Crippen LogP contribution >= 0.6 is 0 Å². The van der Waals surface area contributed by atoms with Crippen LogP contribution in [0.2, 0.25) is 0 Å². The number of rotatable bonds is 2. The summed E-state index contributed by atoms with van der Waals surface area (Å²) in [4.78, 5) is 24.9. The number of allylic oxidation sites excluding steroid dienone is 4. The Labute approximate surface area is 95.1 Å². The smallest absolute Gasteiger partial charge is 0.233 e. The van der Waals surface area contributed by atoms with Gasteiger partial charge in [-0.25, -0.2) is 0 Å². The van der Waals surface area contributed by atoms with Gasteiger partial charge >= 0.3 is 0 Å². The van der Waals surface area contributed by atoms with E-state index in [0.29, 0.717) is 12.8 Å². The summed E-state index contributed by atoms with van der Waals surface area (Å²) in [6.07, 6.45) is 4.77. The molecule has 1 saturated heterocycles. The van der Waals surface area contributed by atoms with E-state index in [-0.39, 0.29) is 23.7 Å². The number of carbonyl (C=O) groups excluding carboxylic acids is 2. The Bertz CT molecular complexity index is 382. The van der Waals surface area contributed by atoms with Gasteiger partial charge in [0.25, 0.3) is 0 Å². The van der Waals surface area contributed by atoms with E-state index < -0.39 is 0 Å². The Balaban J connectivity index is 2.38. The lowest BCUT2D eigenvalue weighted by atomic mass is 9.77. The largest absolute Gasteiger partial charge is 0.285 e. The Hall–Kier alpha value is -1.64. The third-order valence-corrected chi connectivity index (χ3v) is 3.57. The Morgan fingerprint density at radius 3 is 1.75 bits per heavy atom. The number of likely N-dealkylation sites (tertiary alicyclic amines) is 1. The number of nitrogens with zero attached hydrogens (tertiary/aromatic N) is 1. The third-order valence-electron chi connectivity index (χ3n) is 3.57. The van der Waals surface area contributed by atoms with Crippen molar-refractivity contribution < 1.29 is 9.59 Å². The molecule has 16 heavy (non-hydrogen) atoms. The van der Waals surface area contributed by atoms with Crippen LogP contribution in [0.25, 0.3) is 0 Å². The highest BCUT2D eigenvalue weighted by atomic mass is 16.2. The first-order valence-corrected chi connectivity index (χ1v) is 5.38. The molecule has 0 radical (unpaired) electrons. The van der Waals surface area contributed by atoms with Crippen molar-refractivity contribution in [3.63, 3.8) is 0 Å². The van der Waals surface area contributed by atoms with Crippen LogP contribution in [-0.2, 0) is 9.59 Å². The van der Waals surface area contributed by atoms with Crippen molar-refractivity contribution in [2.24, 2.45) is 11.8 Å². The summed E-state index contributed by atoms with van der Waals surface area (Å²) in [5.41, 5.74) is 2.10. The maximum Gasteiger partial charge on any atom is 0.233 e. The van der Waals surface area contributed by atoms with Gasteiger partial charge in [-0.1, -0.05) is 25.3 Å². The number of hydrogen-bond acceptors (Lipinski definition) is 2. The van der Waals surface area contributed by atoms with Gasteiger partial charge < -0.3 is 0 Å². The van der Waals surface area contributed by atoms with Crippen LogP contribution in [0.4, 0.5) is 0 Å². The van der Waals surface area contributed by atoms with Gasteiger partial charge in [0.1, 0.15) is 0 Å². The third kappa shape index (κ3) is 1.35. The molecule has 1 fully saturated rings. The van der Waals surface area contributed by atoms with Gasteiger partial charge in [0.15, 0.2) is 0 Å². The molecule has 1 aliphatic heterocycles. The molecule has 0 N–H and O–H groups in total. The summed E-state index contributed by atoms with van der Waals surface area (Å²) in [7, 11) is 1.56. The van der Waals surface area contributed by atoms with Crippen LogP contribution in [-0.4, -0.2) is 23.8 Å². The molecule has 2 rings (SSSR count). The van der Waals surface area contributed by atoms with E-state index in [1.165, 1.54) is 4.90 Å². The van der Waals surface area contributed by atoms with Crippen LogP contribution in [0, 0.1) is 11.8 Å². The minimum absolute atomic E-state index is 0.0579. The molecule has 3 nitrogen and oxygen atoms in total. The Morgan fingerprint density at radius 2 is 1.44 bits per heavy atom. The lowest BCUT2D eigenvalue weighted by Gasteiger charge is -2.24. The van der Waals surface area contributed by atoms with Crippen molar-refractivity contribution >= 4 is 11.8 Å². The van der Waals surface area contributed by atoms with E-state index in [4.69, 9.17) is 0 Å². The number of carbonyl (C=O) groups is 2. The molecule has 2 aliphatic rings. The first kappa shape index (κ1) is 10.9. The summed E-state index contributed by atoms with van der Waals surface area (Å²) in [5.74, 6) is -0.488. The van der Waals surface area contributed by atoms with Gasteiger partial charge in [0, 0.05) is 7.05 Å². The van der Waals surface area contributed by atoms with E-state index in [1.54, 1.807) is 19.2 Å². The van der Waals surface area contributed by atoms with E-state index in [2.05, 4.69) is 13.2 Å². The highest BCUT2D eigenvalue weighted by molar-refractivity contribution is 6.05. The lowest BCUT2D eigenvalue weighted by molar-refractivity contribution is -0.138. The van der Waals surface area contributed by atoms with Crippen LogP contribution in [0.5, 0.6) is 0 Å². The predicted octanol–water partition coefficient (Wildman–Crippen LogP) is 1.68. The van der Waals surface area contributed by atoms with Gasteiger partial charge in [0.2, 0.25) is 11.8 Å². The minimum atomic E-state index is -0.186. The SMILES string of the molecule is C=CC1=C(C=C)C[C@H]2C(=O)N(C)C(=O)[C@H]2C1. The van der Waals surface area contributed by atoms with Crippen LogP contribution in [0.3, 0.4) is 0 Å². The van der Waals surface area contributed by atoms with Crippen molar-refractivity contribution in [3.05, 3.63) is 36.5 Å². The van der Waals surface area contributed by atoms with E-state index >= 15 is 0 Å². The Morgan fingerprint density at radius 1 is 1.06 bits per heavy atom. The number of amides is 2. The second-order valence-electron chi connectivity index (χ2n) is 4.32. The zero-order valence-electron chi connectivity index (χ0n) is 9.40. The van der Waals surface area contributed by atoms with Crippen LogP contribution in [0.1, 0.15) is 12.8 Å². The average molecular weight is 217 g/mol. The van der Waals surface area contributed by atoms with Gasteiger partial charge in [-0.2, -0.15) is 0 Å². The zero-order valence-corrected chi connectivity index (χ0v) is 9.40. The van der Waals surface area contributed by atoms with E-state index in [0.717, 1.165) is 11.1 Å². The molecule has 1 heterocycles. The molecule has 1 aliphatic carbocycles. The molecule has 2 amide bonds. The second kappa shape index (κ2) is 3.74. The van der Waals surface area contributed by atoms with Crippen molar-refractivity contribution in [1.82, 2.24) is 4.90 Å². The highest BCUT2D eigenvalue weighted by Crippen LogP contribution is 2.40. The van der Waals surface area contributed by atoms with E-state index in [9.17, 15) is 9.59 Å². The molecule has 2 atom stereocenters. The summed E-state index contributed by atoms with van der Waals surface area (Å²) < 4.78 is 0. The normalized spacial score (nSPS) is 29.4. The second-order valence-corrected chi connectivity index (χ2v) is 4.32. The molecule has 0 bridgehead atoms. The lowest BCUT2D eigenvalue weighted by Crippen LogP contribution is -2.26. The molecule has 3 heteroatoms. The Kier molecular flexibility index (Phi) is 2.54. The minimum Gasteiger partial charge on any atom is -0.285 e. The fraction of sp³-hybridized carbons (Fsp3) is 0.385. The number of imide groups is 1. The maximum absolute atomic E-state index is 11.8. The van der Waals surface area contributed by atoms with Gasteiger partial charge in [-0.3, -0.25) is 14.5 Å². The van der Waals surface area contributed by atoms with Gasteiger partial charge in [0.05, 0.1) is 11.8 Å². The van der Waals surface area contributed by atoms with Crippen molar-refractivity contribution in [3.8, 4) is 0 Å². The molecule has 0 saturated carbocycles. The number of fused-ring (bicyclic) bond motifs is 1. The molecule has 0 aromatic rings. The molecule has 0 unspecified atom stereocenters. The molecule has 0 aromatic heterocycles. The van der Waals surface area contributed by atoms with Crippen molar-refractivity contribution in [2.75, 3.05) is 7.05 Å². The fourth-order valence-corrected chi connectivity index (χ4v) is 2.57. The predicted molar refractivity (Wildman–Crippen MR) is 61.4 cm³/mol. The van der Waals surface area contributed by atoms with E-state index in [1.807, 2.05) is 0 Å². The standard InChI is InChI=1S/C13H15NO2/c1-4-8-6-10-11(7-9(8)5-2)13(16)14(3)12(10)15/h4-5,10-11H,1-2,6-7H2,3H3/t10-,11+. The quantitative estimate of drug-likeness (QED) is 0.660. The molecule has 0 aromatic carbocycles. The topological polar surface area (TPSA) is 37.4 Å². The molecular weight excluding hydrogens is 202 g/mol. The number of hydrogen-bond donors (Lipinski definition) is 0. The summed E-state index contributed by atoms with van der Waals surface area (Å²) in [5, 5.41) is 0. The van der Waals surface area contributed by atoms with Gasteiger partial charge in [-0.05, 0) is 24.0 Å². The van der Waals surface area contributed by atoms with Crippen LogP contribution < -0.4 is 0 Å². The zero-order chi connectivity index (χ0) is 11.9. The summed E-state index contributed by atoms with van der Waals surface area (Å²) >= 11 is 0. The fourth-order valence-electron chi connectivity index (χ4n) is 2.57. The van der Waals surface area contributed by atoms with Crippen LogP contribution in [0.15, 0.2) is 36.5 Å². The monoisotopic (exact) mass is 217 g/mol. The summed E-state index contributed by atoms with van der Waals surface area (Å²) in [6.45, 7) is 7.49. The van der Waals surface area contributed by atoms with Gasteiger partial charge in [-0.15, -0.1) is 0 Å². The molecule has 84 valence electrons. The molecular formula is C13H15NO2. The maximum atomic E-state index is 11.8. The van der Waals surface area contributed by atoms with Crippen molar-refractivity contribution in [2.45, 2.75) is 12.8 Å².